The van der Waals surface area contributed by atoms with Gasteiger partial charge in [0.2, 0.25) is 5.89 Å². The van der Waals surface area contributed by atoms with E-state index in [0.717, 1.165) is 27.6 Å². The Morgan fingerprint density at radius 1 is 1.22 bits per heavy atom. The Balaban J connectivity index is 1.64. The van der Waals surface area contributed by atoms with Crippen LogP contribution in [-0.2, 0) is 32.8 Å². The monoisotopic (exact) mass is 479 g/mol. The molecule has 0 unspecified atom stereocenters. The molecule has 172 valence electrons. The van der Waals surface area contributed by atoms with E-state index >= 15 is 0 Å². The molecular formula is C21H25N3O6S2. The number of aromatic nitrogens is 1. The van der Waals surface area contributed by atoms with E-state index in [1.165, 1.54) is 14.1 Å². The summed E-state index contributed by atoms with van der Waals surface area (Å²) in [5.74, 6) is 1.18. The quantitative estimate of drug-likeness (QED) is 0.411. The van der Waals surface area contributed by atoms with Crippen LogP contribution in [0.3, 0.4) is 0 Å². The van der Waals surface area contributed by atoms with Gasteiger partial charge in [0, 0.05) is 27.4 Å². The minimum absolute atomic E-state index is 0.149. The van der Waals surface area contributed by atoms with Crippen molar-refractivity contribution in [3.8, 4) is 16.5 Å². The van der Waals surface area contributed by atoms with Crippen molar-refractivity contribution >= 4 is 27.5 Å². The summed E-state index contributed by atoms with van der Waals surface area (Å²) in [4.78, 5) is 21.8. The summed E-state index contributed by atoms with van der Waals surface area (Å²) in [5.41, 5.74) is 1.43. The molecule has 1 aromatic carbocycles. The summed E-state index contributed by atoms with van der Waals surface area (Å²) < 4.78 is 38.1. The molecule has 0 saturated carbocycles. The van der Waals surface area contributed by atoms with Crippen LogP contribution in [0.15, 0.2) is 46.2 Å². The highest BCUT2D eigenvalue weighted by Crippen LogP contribution is 2.26. The lowest BCUT2D eigenvalue weighted by Crippen LogP contribution is -2.40. The maximum absolute atomic E-state index is 12.4. The SMILES string of the molecule is CC(=O)ON(Cc1cccc(OCCc2nc(-c3cccs3)oc2C)c1)S(=O)(=O)N(C)C. The third-order valence-corrected chi connectivity index (χ3v) is 6.89. The van der Waals surface area contributed by atoms with Gasteiger partial charge in [-0.25, -0.2) is 4.98 Å². The van der Waals surface area contributed by atoms with E-state index in [1.54, 1.807) is 35.6 Å². The molecule has 3 rings (SSSR count). The molecule has 0 aliphatic heterocycles. The van der Waals surface area contributed by atoms with Crippen LogP contribution in [0.4, 0.5) is 0 Å². The van der Waals surface area contributed by atoms with Gasteiger partial charge in [-0.2, -0.15) is 12.7 Å². The smallest absolute Gasteiger partial charge is 0.323 e. The molecule has 32 heavy (non-hydrogen) atoms. The first-order chi connectivity index (χ1) is 15.2. The van der Waals surface area contributed by atoms with E-state index in [2.05, 4.69) is 4.98 Å². The third kappa shape index (κ3) is 5.94. The van der Waals surface area contributed by atoms with E-state index in [0.29, 0.717) is 34.7 Å². The Morgan fingerprint density at radius 3 is 2.66 bits per heavy atom. The average molecular weight is 480 g/mol. The van der Waals surface area contributed by atoms with Crippen LogP contribution < -0.4 is 4.74 Å². The van der Waals surface area contributed by atoms with Crippen molar-refractivity contribution < 1.29 is 27.2 Å². The maximum Gasteiger partial charge on any atom is 0.323 e. The van der Waals surface area contributed by atoms with E-state index in [4.69, 9.17) is 14.0 Å². The van der Waals surface area contributed by atoms with E-state index in [9.17, 15) is 13.2 Å². The van der Waals surface area contributed by atoms with Gasteiger partial charge in [-0.05, 0) is 40.5 Å². The van der Waals surface area contributed by atoms with Crippen molar-refractivity contribution in [1.82, 2.24) is 13.8 Å². The topological polar surface area (TPSA) is 102 Å². The summed E-state index contributed by atoms with van der Waals surface area (Å²) in [7, 11) is -1.23. The number of hydrogen-bond donors (Lipinski definition) is 0. The molecule has 3 aromatic rings. The second-order valence-corrected chi connectivity index (χ2v) is 10.1. The number of ether oxygens (including phenoxy) is 1. The van der Waals surface area contributed by atoms with E-state index in [-0.39, 0.29) is 6.54 Å². The second-order valence-electron chi connectivity index (χ2n) is 7.08. The van der Waals surface area contributed by atoms with Gasteiger partial charge in [0.25, 0.3) is 0 Å². The number of benzene rings is 1. The van der Waals surface area contributed by atoms with Gasteiger partial charge in [0.05, 0.1) is 23.7 Å². The second kappa shape index (κ2) is 10.3. The summed E-state index contributed by atoms with van der Waals surface area (Å²) in [6.45, 7) is 3.23. The molecule has 2 heterocycles. The van der Waals surface area contributed by atoms with Crippen molar-refractivity contribution in [1.29, 1.82) is 0 Å². The van der Waals surface area contributed by atoms with Gasteiger partial charge in [-0.1, -0.05) is 18.2 Å². The van der Waals surface area contributed by atoms with Crippen molar-refractivity contribution in [2.45, 2.75) is 26.8 Å². The maximum atomic E-state index is 12.4. The molecule has 0 radical (unpaired) electrons. The molecule has 2 aromatic heterocycles. The van der Waals surface area contributed by atoms with Crippen molar-refractivity contribution in [3.05, 3.63) is 58.8 Å². The molecule has 0 saturated heterocycles. The highest BCUT2D eigenvalue weighted by molar-refractivity contribution is 7.86. The van der Waals surface area contributed by atoms with Crippen LogP contribution in [0.5, 0.6) is 5.75 Å². The van der Waals surface area contributed by atoms with Gasteiger partial charge < -0.3 is 14.0 Å². The lowest BCUT2D eigenvalue weighted by molar-refractivity contribution is -0.168. The summed E-state index contributed by atoms with van der Waals surface area (Å²) in [5, 5.41) is 1.97. The van der Waals surface area contributed by atoms with Gasteiger partial charge >= 0.3 is 16.2 Å². The van der Waals surface area contributed by atoms with Gasteiger partial charge in [0.1, 0.15) is 11.5 Å². The Labute approximate surface area is 191 Å². The van der Waals surface area contributed by atoms with Crippen LogP contribution in [-0.4, -0.2) is 48.8 Å². The highest BCUT2D eigenvalue weighted by Gasteiger charge is 2.28. The molecule has 0 atom stereocenters. The minimum atomic E-state index is -3.95. The standard InChI is InChI=1S/C21H25N3O6S2/c1-15-19(22-21(29-15)20-9-6-12-31-20)10-11-28-18-8-5-7-17(13-18)14-24(30-16(2)25)32(26,27)23(3)4/h5-9,12-13H,10-11,14H2,1-4H3. The predicted molar refractivity (Wildman–Crippen MR) is 120 cm³/mol. The number of carbonyl (C=O) groups excluding carboxylic acids is 1. The molecule has 0 fully saturated rings. The first-order valence-electron chi connectivity index (χ1n) is 9.77. The number of rotatable bonds is 10. The van der Waals surface area contributed by atoms with Crippen LogP contribution in [0, 0.1) is 6.92 Å². The number of hydroxylamine groups is 1. The zero-order valence-corrected chi connectivity index (χ0v) is 19.9. The first kappa shape index (κ1) is 23.9. The fourth-order valence-corrected chi connectivity index (χ4v) is 4.32. The summed E-state index contributed by atoms with van der Waals surface area (Å²) in [6.07, 6.45) is 0.555. The van der Waals surface area contributed by atoms with Crippen LogP contribution in [0.2, 0.25) is 0 Å². The summed E-state index contributed by atoms with van der Waals surface area (Å²) in [6, 6.07) is 10.8. The Kier molecular flexibility index (Phi) is 7.67. The normalized spacial score (nSPS) is 11.8. The zero-order chi connectivity index (χ0) is 23.3. The van der Waals surface area contributed by atoms with Gasteiger partial charge in [0.15, 0.2) is 0 Å². The van der Waals surface area contributed by atoms with Crippen LogP contribution >= 0.6 is 11.3 Å². The average Bonchev–Trinajstić information content (AvgIpc) is 3.37. The minimum Gasteiger partial charge on any atom is -0.493 e. The largest absolute Gasteiger partial charge is 0.493 e. The molecule has 0 N–H and O–H groups in total. The molecular weight excluding hydrogens is 454 g/mol. The molecule has 0 aliphatic rings. The van der Waals surface area contributed by atoms with Crippen LogP contribution in [0.25, 0.3) is 10.8 Å². The number of hydrogen-bond acceptors (Lipinski definition) is 8. The number of oxazole rings is 1. The first-order valence-corrected chi connectivity index (χ1v) is 12.0. The molecule has 0 bridgehead atoms. The van der Waals surface area contributed by atoms with Gasteiger partial charge in [-0.3, -0.25) is 4.79 Å². The van der Waals surface area contributed by atoms with Crippen LogP contribution in [0.1, 0.15) is 23.9 Å². The molecule has 0 spiro atoms. The number of thiophene rings is 1. The predicted octanol–water partition coefficient (Wildman–Crippen LogP) is 3.42. The molecule has 9 nitrogen and oxygen atoms in total. The van der Waals surface area contributed by atoms with E-state index in [1.807, 2.05) is 24.4 Å². The lowest BCUT2D eigenvalue weighted by Gasteiger charge is -2.23. The zero-order valence-electron chi connectivity index (χ0n) is 18.3. The third-order valence-electron chi connectivity index (χ3n) is 4.39. The lowest BCUT2D eigenvalue weighted by atomic mass is 10.2. The Morgan fingerprint density at radius 2 is 2.00 bits per heavy atom. The summed E-state index contributed by atoms with van der Waals surface area (Å²) >= 11 is 1.56. The van der Waals surface area contributed by atoms with Crippen molar-refractivity contribution in [2.24, 2.45) is 0 Å². The van der Waals surface area contributed by atoms with Crippen molar-refractivity contribution in [2.75, 3.05) is 20.7 Å². The molecule has 0 aliphatic carbocycles. The highest BCUT2D eigenvalue weighted by atomic mass is 32.2. The Hall–Kier alpha value is -2.73. The fourth-order valence-electron chi connectivity index (χ4n) is 2.80. The van der Waals surface area contributed by atoms with Gasteiger partial charge in [-0.15, -0.1) is 11.3 Å². The van der Waals surface area contributed by atoms with E-state index < -0.39 is 16.2 Å². The number of carbonyl (C=O) groups is 1. The fraction of sp³-hybridized carbons (Fsp3) is 0.333. The number of aryl methyl sites for hydroxylation is 1. The molecule has 11 heteroatoms. The van der Waals surface area contributed by atoms with Crippen molar-refractivity contribution in [3.63, 3.8) is 0 Å². The molecule has 0 amide bonds. The Bertz CT molecular complexity index is 1160. The number of nitrogens with zero attached hydrogens (tertiary/aromatic N) is 3.